The number of unbranched alkanes of at least 4 members (excludes halogenated alkanes) is 4. The number of hydrogen-bond acceptors (Lipinski definition) is 3. The minimum Gasteiger partial charge on any atom is -0.497 e. The second-order valence-electron chi connectivity index (χ2n) is 6.39. The monoisotopic (exact) mass is 341 g/mol. The Labute approximate surface area is 152 Å². The first-order valence-corrected chi connectivity index (χ1v) is 9.28. The highest BCUT2D eigenvalue weighted by Crippen LogP contribution is 2.23. The van der Waals surface area contributed by atoms with Crippen LogP contribution in [0.4, 0.5) is 5.69 Å². The molecule has 0 unspecified atom stereocenters. The van der Waals surface area contributed by atoms with E-state index in [1.54, 1.807) is 14.2 Å². The van der Waals surface area contributed by atoms with Gasteiger partial charge in [0, 0.05) is 18.8 Å². The Morgan fingerprint density at radius 1 is 0.800 bits per heavy atom. The van der Waals surface area contributed by atoms with Crippen molar-refractivity contribution in [2.24, 2.45) is 0 Å². The van der Waals surface area contributed by atoms with E-state index < -0.39 is 0 Å². The molecule has 0 spiro atoms. The maximum atomic E-state index is 5.36. The molecule has 3 nitrogen and oxygen atoms in total. The quantitative estimate of drug-likeness (QED) is 0.491. The van der Waals surface area contributed by atoms with Crippen LogP contribution in [0.5, 0.6) is 11.5 Å². The van der Waals surface area contributed by atoms with E-state index in [4.69, 9.17) is 9.47 Å². The van der Waals surface area contributed by atoms with E-state index in [2.05, 4.69) is 42.2 Å². The van der Waals surface area contributed by atoms with Gasteiger partial charge in [-0.2, -0.15) is 0 Å². The first-order chi connectivity index (χ1) is 12.3. The molecule has 0 N–H and O–H groups in total. The highest BCUT2D eigenvalue weighted by Gasteiger charge is 2.08. The Balaban J connectivity index is 2.06. The molecule has 0 saturated carbocycles. The number of anilines is 1. The minimum atomic E-state index is 0.886. The second-order valence-corrected chi connectivity index (χ2v) is 6.39. The van der Waals surface area contributed by atoms with E-state index in [0.29, 0.717) is 0 Å². The molecule has 0 heterocycles. The highest BCUT2D eigenvalue weighted by atomic mass is 16.5. The lowest BCUT2D eigenvalue weighted by Gasteiger charge is -2.25. The van der Waals surface area contributed by atoms with E-state index in [1.807, 2.05) is 18.2 Å². The van der Waals surface area contributed by atoms with Gasteiger partial charge in [0.1, 0.15) is 11.5 Å². The van der Waals surface area contributed by atoms with E-state index in [0.717, 1.165) is 24.6 Å². The summed E-state index contributed by atoms with van der Waals surface area (Å²) in [7, 11) is 3.42. The summed E-state index contributed by atoms with van der Waals surface area (Å²) in [5, 5.41) is 0. The molecule has 2 rings (SSSR count). The van der Waals surface area contributed by atoms with Crippen LogP contribution in [0.15, 0.2) is 48.5 Å². The smallest absolute Gasteiger partial charge is 0.119 e. The summed E-state index contributed by atoms with van der Waals surface area (Å²) < 4.78 is 10.7. The van der Waals surface area contributed by atoms with Crippen molar-refractivity contribution in [3.8, 4) is 11.5 Å². The first kappa shape index (κ1) is 19.2. The van der Waals surface area contributed by atoms with Crippen molar-refractivity contribution in [3.63, 3.8) is 0 Å². The van der Waals surface area contributed by atoms with Gasteiger partial charge in [0.25, 0.3) is 0 Å². The fourth-order valence-corrected chi connectivity index (χ4v) is 2.99. The number of rotatable bonds is 11. The van der Waals surface area contributed by atoms with Crippen molar-refractivity contribution in [1.29, 1.82) is 0 Å². The standard InChI is InChI=1S/C22H31NO2/c1-4-5-6-7-8-16-23(20-12-14-21(24-2)15-13-20)18-19-10-9-11-22(17-19)25-3/h9-15,17H,4-8,16,18H2,1-3H3. The minimum absolute atomic E-state index is 0.886. The maximum Gasteiger partial charge on any atom is 0.119 e. The largest absolute Gasteiger partial charge is 0.497 e. The third-order valence-electron chi connectivity index (χ3n) is 4.48. The molecule has 2 aromatic carbocycles. The van der Waals surface area contributed by atoms with Crippen molar-refractivity contribution in [3.05, 3.63) is 54.1 Å². The summed E-state index contributed by atoms with van der Waals surface area (Å²) in [6, 6.07) is 16.7. The maximum absolute atomic E-state index is 5.36. The van der Waals surface area contributed by atoms with Crippen LogP contribution in [0.25, 0.3) is 0 Å². The molecule has 0 atom stereocenters. The van der Waals surface area contributed by atoms with E-state index in [1.165, 1.54) is 43.4 Å². The Kier molecular flexibility index (Phi) is 8.17. The molecule has 0 amide bonds. The molecule has 0 radical (unpaired) electrons. The number of hydrogen-bond donors (Lipinski definition) is 0. The normalized spacial score (nSPS) is 10.5. The second kappa shape index (κ2) is 10.7. The molecule has 136 valence electrons. The molecule has 0 fully saturated rings. The van der Waals surface area contributed by atoms with Crippen LogP contribution < -0.4 is 14.4 Å². The molecule has 0 aliphatic carbocycles. The zero-order chi connectivity index (χ0) is 17.9. The summed E-state index contributed by atoms with van der Waals surface area (Å²) in [4.78, 5) is 2.44. The Bertz CT molecular complexity index is 610. The van der Waals surface area contributed by atoms with Gasteiger partial charge in [-0.15, -0.1) is 0 Å². The lowest BCUT2D eigenvalue weighted by molar-refractivity contribution is 0.414. The van der Waals surface area contributed by atoms with Gasteiger partial charge in [-0.25, -0.2) is 0 Å². The van der Waals surface area contributed by atoms with Crippen LogP contribution in [0.1, 0.15) is 44.6 Å². The number of methoxy groups -OCH3 is 2. The Morgan fingerprint density at radius 3 is 2.20 bits per heavy atom. The van der Waals surface area contributed by atoms with Crippen LogP contribution in [0.3, 0.4) is 0 Å². The van der Waals surface area contributed by atoms with Crippen molar-refractivity contribution in [2.45, 2.75) is 45.6 Å². The van der Waals surface area contributed by atoms with Gasteiger partial charge in [-0.1, -0.05) is 44.7 Å². The van der Waals surface area contributed by atoms with E-state index in [9.17, 15) is 0 Å². The van der Waals surface area contributed by atoms with Gasteiger partial charge in [-0.3, -0.25) is 0 Å². The molecule has 25 heavy (non-hydrogen) atoms. The molecule has 3 heteroatoms. The van der Waals surface area contributed by atoms with E-state index in [-0.39, 0.29) is 0 Å². The van der Waals surface area contributed by atoms with Crippen LogP contribution in [0, 0.1) is 0 Å². The summed E-state index contributed by atoms with van der Waals surface area (Å²) in [5.74, 6) is 1.81. The Morgan fingerprint density at radius 2 is 1.52 bits per heavy atom. The predicted octanol–water partition coefficient (Wildman–Crippen LogP) is 5.68. The third kappa shape index (κ3) is 6.33. The summed E-state index contributed by atoms with van der Waals surface area (Å²) >= 11 is 0. The molecular formula is C22H31NO2. The number of ether oxygens (including phenoxy) is 2. The number of nitrogens with zero attached hydrogens (tertiary/aromatic N) is 1. The van der Waals surface area contributed by atoms with Crippen LogP contribution in [-0.2, 0) is 6.54 Å². The van der Waals surface area contributed by atoms with Gasteiger partial charge in [0.2, 0.25) is 0 Å². The SMILES string of the molecule is CCCCCCCN(Cc1cccc(OC)c1)c1ccc(OC)cc1. The zero-order valence-electron chi connectivity index (χ0n) is 15.8. The van der Waals surface area contributed by atoms with Crippen molar-refractivity contribution < 1.29 is 9.47 Å². The molecular weight excluding hydrogens is 310 g/mol. The highest BCUT2D eigenvalue weighted by molar-refractivity contribution is 5.49. The summed E-state index contributed by atoms with van der Waals surface area (Å²) in [6.45, 7) is 4.21. The van der Waals surface area contributed by atoms with Crippen molar-refractivity contribution in [2.75, 3.05) is 25.7 Å². The number of benzene rings is 2. The van der Waals surface area contributed by atoms with Gasteiger partial charge in [-0.05, 0) is 48.4 Å². The van der Waals surface area contributed by atoms with Gasteiger partial charge < -0.3 is 14.4 Å². The van der Waals surface area contributed by atoms with Crippen LogP contribution in [-0.4, -0.2) is 20.8 Å². The summed E-state index contributed by atoms with van der Waals surface area (Å²) in [5.41, 5.74) is 2.50. The zero-order valence-corrected chi connectivity index (χ0v) is 15.8. The molecule has 0 bridgehead atoms. The topological polar surface area (TPSA) is 21.7 Å². The first-order valence-electron chi connectivity index (χ1n) is 9.28. The average Bonchev–Trinajstić information content (AvgIpc) is 2.67. The fourth-order valence-electron chi connectivity index (χ4n) is 2.99. The fraction of sp³-hybridized carbons (Fsp3) is 0.455. The van der Waals surface area contributed by atoms with Gasteiger partial charge >= 0.3 is 0 Å². The summed E-state index contributed by atoms with van der Waals surface area (Å²) in [6.07, 6.45) is 6.45. The van der Waals surface area contributed by atoms with Gasteiger partial charge in [0.05, 0.1) is 14.2 Å². The molecule has 0 saturated heterocycles. The molecule has 0 aliphatic heterocycles. The van der Waals surface area contributed by atoms with Gasteiger partial charge in [0.15, 0.2) is 0 Å². The van der Waals surface area contributed by atoms with Crippen LogP contribution >= 0.6 is 0 Å². The van der Waals surface area contributed by atoms with Crippen molar-refractivity contribution >= 4 is 5.69 Å². The lowest BCUT2D eigenvalue weighted by Crippen LogP contribution is -2.23. The molecule has 0 aromatic heterocycles. The Hall–Kier alpha value is -2.16. The predicted molar refractivity (Wildman–Crippen MR) is 106 cm³/mol. The molecule has 0 aliphatic rings. The lowest BCUT2D eigenvalue weighted by atomic mass is 10.1. The average molecular weight is 341 g/mol. The van der Waals surface area contributed by atoms with Crippen molar-refractivity contribution in [1.82, 2.24) is 0 Å². The van der Waals surface area contributed by atoms with E-state index >= 15 is 0 Å². The van der Waals surface area contributed by atoms with Crippen LogP contribution in [0.2, 0.25) is 0 Å². The third-order valence-corrected chi connectivity index (χ3v) is 4.48. The molecule has 2 aromatic rings.